The van der Waals surface area contributed by atoms with E-state index in [1.165, 1.54) is 25.7 Å². The van der Waals surface area contributed by atoms with Crippen LogP contribution in [0.15, 0.2) is 12.2 Å². The van der Waals surface area contributed by atoms with Gasteiger partial charge in [0.1, 0.15) is 0 Å². The third kappa shape index (κ3) is 1.33. The molecular weight excluding hydrogens is 298 g/mol. The average Bonchev–Trinajstić information content (AvgIpc) is 3.30. The van der Waals surface area contributed by atoms with Crippen LogP contribution < -0.4 is 0 Å². The average molecular weight is 323 g/mol. The highest BCUT2D eigenvalue weighted by molar-refractivity contribution is 6.07. The lowest BCUT2D eigenvalue weighted by Gasteiger charge is -2.59. The Labute approximate surface area is 142 Å². The monoisotopic (exact) mass is 323 g/mol. The Bertz CT molecular complexity index is 637. The maximum atomic E-state index is 13.5. The predicted octanol–water partition coefficient (Wildman–Crippen LogP) is 3.01. The van der Waals surface area contributed by atoms with Crippen molar-refractivity contribution >= 4 is 11.8 Å². The van der Waals surface area contributed by atoms with Crippen LogP contribution in [0.5, 0.6) is 0 Å². The molecule has 2 amide bonds. The summed E-state index contributed by atoms with van der Waals surface area (Å²) in [6, 6.07) is 0. The Morgan fingerprint density at radius 1 is 0.750 bits per heavy atom. The molecule has 6 bridgehead atoms. The number of allylic oxidation sites excluding steroid dienone is 2. The van der Waals surface area contributed by atoms with Gasteiger partial charge in [-0.1, -0.05) is 12.2 Å². The number of rotatable bonds is 1. The number of likely N-dealkylation sites (tertiary alicyclic amines) is 1. The number of carbonyl (C=O) groups excluding carboxylic acids is 2. The molecule has 24 heavy (non-hydrogen) atoms. The van der Waals surface area contributed by atoms with Crippen LogP contribution in [0, 0.1) is 53.3 Å². The van der Waals surface area contributed by atoms with E-state index < -0.39 is 0 Å². The van der Waals surface area contributed by atoms with Gasteiger partial charge >= 0.3 is 0 Å². The Morgan fingerprint density at radius 3 is 1.67 bits per heavy atom. The van der Waals surface area contributed by atoms with Gasteiger partial charge in [-0.05, 0) is 86.4 Å². The fraction of sp³-hybridized carbons (Fsp3) is 0.810. The fourth-order valence-corrected chi connectivity index (χ4v) is 8.76. The van der Waals surface area contributed by atoms with E-state index in [0.717, 1.165) is 37.0 Å². The van der Waals surface area contributed by atoms with Crippen LogP contribution in [0.1, 0.15) is 44.9 Å². The van der Waals surface area contributed by atoms with Crippen LogP contribution >= 0.6 is 0 Å². The highest BCUT2D eigenvalue weighted by Crippen LogP contribution is 2.67. The zero-order valence-electron chi connectivity index (χ0n) is 14.1. The number of amides is 2. The molecule has 0 spiro atoms. The minimum atomic E-state index is -0.0795. The van der Waals surface area contributed by atoms with Crippen LogP contribution in [0.4, 0.5) is 0 Å². The summed E-state index contributed by atoms with van der Waals surface area (Å²) >= 11 is 0. The zero-order chi connectivity index (χ0) is 15.8. The van der Waals surface area contributed by atoms with Gasteiger partial charge in [0.2, 0.25) is 11.8 Å². The lowest BCUT2D eigenvalue weighted by Crippen LogP contribution is -2.62. The summed E-state index contributed by atoms with van der Waals surface area (Å²) in [7, 11) is 0. The molecule has 0 aromatic rings. The maximum absolute atomic E-state index is 13.5. The first-order valence-corrected chi connectivity index (χ1v) is 10.2. The van der Waals surface area contributed by atoms with Crippen LogP contribution in [0.2, 0.25) is 0 Å². The molecule has 126 valence electrons. The molecule has 0 radical (unpaired) electrons. The molecule has 0 aromatic carbocycles. The molecule has 3 heteroatoms. The van der Waals surface area contributed by atoms with E-state index >= 15 is 0 Å². The summed E-state index contributed by atoms with van der Waals surface area (Å²) in [6.07, 6.45) is 13.3. The van der Waals surface area contributed by atoms with E-state index in [0.29, 0.717) is 23.7 Å². The third-order valence-corrected chi connectivity index (χ3v) is 9.14. The van der Waals surface area contributed by atoms with Crippen molar-refractivity contribution < 1.29 is 9.59 Å². The van der Waals surface area contributed by atoms with Crippen molar-refractivity contribution in [1.29, 1.82) is 0 Å². The topological polar surface area (TPSA) is 37.4 Å². The van der Waals surface area contributed by atoms with E-state index in [1.807, 2.05) is 4.90 Å². The summed E-state index contributed by atoms with van der Waals surface area (Å²) < 4.78 is 0. The molecular formula is C21H25NO2. The molecule has 1 saturated heterocycles. The van der Waals surface area contributed by atoms with Gasteiger partial charge in [0.25, 0.3) is 0 Å². The van der Waals surface area contributed by atoms with E-state index in [-0.39, 0.29) is 29.2 Å². The van der Waals surface area contributed by atoms with Gasteiger partial charge in [0.15, 0.2) is 0 Å². The molecule has 6 saturated carbocycles. The summed E-state index contributed by atoms with van der Waals surface area (Å²) in [4.78, 5) is 28.9. The van der Waals surface area contributed by atoms with Crippen molar-refractivity contribution in [2.24, 2.45) is 53.3 Å². The van der Waals surface area contributed by atoms with Crippen LogP contribution in [-0.4, -0.2) is 22.3 Å². The third-order valence-electron chi connectivity index (χ3n) is 9.14. The molecule has 7 fully saturated rings. The van der Waals surface area contributed by atoms with Crippen LogP contribution in [0.25, 0.3) is 0 Å². The van der Waals surface area contributed by atoms with Gasteiger partial charge in [-0.25, -0.2) is 0 Å². The second-order valence-electron chi connectivity index (χ2n) is 10.3. The molecule has 0 unspecified atom stereocenters. The van der Waals surface area contributed by atoms with Gasteiger partial charge in [0, 0.05) is 0 Å². The Balaban J connectivity index is 1.32. The molecule has 9 aliphatic rings. The molecule has 0 N–H and O–H groups in total. The molecule has 1 aliphatic heterocycles. The highest BCUT2D eigenvalue weighted by atomic mass is 16.2. The number of hydrogen-bond acceptors (Lipinski definition) is 2. The van der Waals surface area contributed by atoms with Crippen molar-refractivity contribution in [2.45, 2.75) is 50.5 Å². The molecule has 3 nitrogen and oxygen atoms in total. The van der Waals surface area contributed by atoms with Gasteiger partial charge in [-0.15, -0.1) is 0 Å². The van der Waals surface area contributed by atoms with Gasteiger partial charge in [-0.3, -0.25) is 14.5 Å². The lowest BCUT2D eigenvalue weighted by molar-refractivity contribution is -0.159. The maximum Gasteiger partial charge on any atom is 0.234 e. The molecule has 9 rings (SSSR count). The number of imide groups is 1. The number of hydrogen-bond donors (Lipinski definition) is 0. The van der Waals surface area contributed by atoms with Crippen molar-refractivity contribution in [3.63, 3.8) is 0 Å². The van der Waals surface area contributed by atoms with Crippen LogP contribution in [-0.2, 0) is 9.59 Å². The first kappa shape index (κ1) is 13.1. The zero-order valence-corrected chi connectivity index (χ0v) is 14.1. The van der Waals surface area contributed by atoms with E-state index in [1.54, 1.807) is 0 Å². The molecule has 1 heterocycles. The second-order valence-corrected chi connectivity index (χ2v) is 10.3. The first-order chi connectivity index (χ1) is 11.6. The summed E-state index contributed by atoms with van der Waals surface area (Å²) in [5.41, 5.74) is -0.0795. The van der Waals surface area contributed by atoms with Gasteiger partial charge < -0.3 is 0 Å². The highest BCUT2D eigenvalue weighted by Gasteiger charge is 2.70. The van der Waals surface area contributed by atoms with Crippen LogP contribution in [0.3, 0.4) is 0 Å². The Kier molecular flexibility index (Phi) is 2.10. The Morgan fingerprint density at radius 2 is 1.21 bits per heavy atom. The van der Waals surface area contributed by atoms with E-state index in [9.17, 15) is 9.59 Å². The summed E-state index contributed by atoms with van der Waals surface area (Å²) in [6.45, 7) is 0. The Hall–Kier alpha value is -1.12. The van der Waals surface area contributed by atoms with Crippen molar-refractivity contribution in [1.82, 2.24) is 4.90 Å². The van der Waals surface area contributed by atoms with Crippen molar-refractivity contribution in [2.75, 3.05) is 0 Å². The summed E-state index contributed by atoms with van der Waals surface area (Å²) in [5.74, 6) is 5.00. The second kappa shape index (κ2) is 3.83. The smallest absolute Gasteiger partial charge is 0.234 e. The molecule has 8 aliphatic carbocycles. The quantitative estimate of drug-likeness (QED) is 0.549. The standard InChI is InChI=1S/C21H25NO2/c23-19-17-13-1-2-14(16-6-15(13)16)18(17)20(24)22(19)21-7-10-3-11(8-21)5-12(4-10)9-21/h1-2,10-18H,3-9H2/t10?,11?,12?,13-,14-,15-,16-,17+,18+,21?/m0/s1. The molecule has 0 aromatic heterocycles. The van der Waals surface area contributed by atoms with Gasteiger partial charge in [0.05, 0.1) is 17.4 Å². The largest absolute Gasteiger partial charge is 0.276 e. The SMILES string of the molecule is O=C1[C@@H]2[C@H]3C=C[C@@H]([C@@H]4C[C@@H]34)[C@H]2C(=O)N1C12CC3CC(CC(C3)C1)C2. The number of nitrogens with zero attached hydrogens (tertiary/aromatic N) is 1. The van der Waals surface area contributed by atoms with Crippen molar-refractivity contribution in [3.8, 4) is 0 Å². The minimum Gasteiger partial charge on any atom is -0.276 e. The van der Waals surface area contributed by atoms with E-state index in [2.05, 4.69) is 12.2 Å². The predicted molar refractivity (Wildman–Crippen MR) is 87.5 cm³/mol. The van der Waals surface area contributed by atoms with Gasteiger partial charge in [-0.2, -0.15) is 0 Å². The number of carbonyl (C=O) groups is 2. The first-order valence-electron chi connectivity index (χ1n) is 10.2. The van der Waals surface area contributed by atoms with Crippen molar-refractivity contribution in [3.05, 3.63) is 12.2 Å². The summed E-state index contributed by atoms with van der Waals surface area (Å²) in [5, 5.41) is 0. The normalized spacial score (nSPS) is 61.5. The fourth-order valence-electron chi connectivity index (χ4n) is 8.76. The minimum absolute atomic E-state index is 0.00394. The lowest BCUT2D eigenvalue weighted by atomic mass is 9.52. The molecule has 6 atom stereocenters. The van der Waals surface area contributed by atoms with E-state index in [4.69, 9.17) is 0 Å².